The third-order valence-corrected chi connectivity index (χ3v) is 2.65. The maximum Gasteiger partial charge on any atom is 0.159 e. The number of carbonyl (C=O) groups is 1. The number of ketones is 1. The molecule has 0 heterocycles. The van der Waals surface area contributed by atoms with Crippen molar-refractivity contribution in [3.05, 3.63) is 59.7 Å². The summed E-state index contributed by atoms with van der Waals surface area (Å²) in [6.45, 7) is 2.03. The average molecular weight is 241 g/mol. The van der Waals surface area contributed by atoms with Gasteiger partial charge in [-0.2, -0.15) is 0 Å². The molecule has 0 aliphatic heterocycles. The first-order chi connectivity index (χ1) is 8.65. The van der Waals surface area contributed by atoms with E-state index in [0.717, 1.165) is 17.0 Å². The van der Waals surface area contributed by atoms with E-state index in [-0.39, 0.29) is 5.78 Å². The Morgan fingerprint density at radius 1 is 1.06 bits per heavy atom. The Labute approximate surface area is 106 Å². The molecule has 2 rings (SSSR count). The Morgan fingerprint density at radius 2 is 1.67 bits per heavy atom. The van der Waals surface area contributed by atoms with Crippen LogP contribution < -0.4 is 10.5 Å². The molecule has 3 heteroatoms. The van der Waals surface area contributed by atoms with Gasteiger partial charge in [0.1, 0.15) is 12.4 Å². The summed E-state index contributed by atoms with van der Waals surface area (Å²) in [5, 5.41) is 0. The van der Waals surface area contributed by atoms with Gasteiger partial charge in [0.05, 0.1) is 0 Å². The predicted octanol–water partition coefficient (Wildman–Crippen LogP) is 3.05. The molecule has 3 nitrogen and oxygen atoms in total. The summed E-state index contributed by atoms with van der Waals surface area (Å²) in [6, 6.07) is 14.7. The van der Waals surface area contributed by atoms with Gasteiger partial charge in [0.15, 0.2) is 5.78 Å². The summed E-state index contributed by atoms with van der Waals surface area (Å²) < 4.78 is 5.61. The molecule has 0 aromatic heterocycles. The van der Waals surface area contributed by atoms with E-state index in [4.69, 9.17) is 10.5 Å². The van der Waals surface area contributed by atoms with Crippen LogP contribution in [0.5, 0.6) is 5.75 Å². The monoisotopic (exact) mass is 241 g/mol. The molecule has 92 valence electrons. The molecule has 0 saturated carbocycles. The van der Waals surface area contributed by atoms with E-state index in [2.05, 4.69) is 0 Å². The Balaban J connectivity index is 1.97. The van der Waals surface area contributed by atoms with E-state index in [1.807, 2.05) is 24.3 Å². The highest BCUT2D eigenvalue weighted by molar-refractivity contribution is 5.94. The number of nitrogen functional groups attached to an aromatic ring is 1. The zero-order valence-electron chi connectivity index (χ0n) is 10.2. The van der Waals surface area contributed by atoms with Crippen LogP contribution in [0.4, 0.5) is 5.69 Å². The van der Waals surface area contributed by atoms with E-state index >= 15 is 0 Å². The van der Waals surface area contributed by atoms with E-state index < -0.39 is 0 Å². The topological polar surface area (TPSA) is 52.3 Å². The largest absolute Gasteiger partial charge is 0.489 e. The number of Topliss-reactive ketones (excluding diaryl/α,β-unsaturated/α-hetero) is 1. The van der Waals surface area contributed by atoms with E-state index in [9.17, 15) is 4.79 Å². The Morgan fingerprint density at radius 3 is 2.22 bits per heavy atom. The molecule has 2 aromatic carbocycles. The minimum atomic E-state index is 0.0556. The zero-order valence-corrected chi connectivity index (χ0v) is 10.2. The summed E-state index contributed by atoms with van der Waals surface area (Å²) in [7, 11) is 0. The SMILES string of the molecule is CC(=O)c1ccc(OCc2ccc(N)cc2)cc1. The van der Waals surface area contributed by atoms with Crippen molar-refractivity contribution < 1.29 is 9.53 Å². The highest BCUT2D eigenvalue weighted by Gasteiger charge is 2.00. The fourth-order valence-corrected chi connectivity index (χ4v) is 1.57. The van der Waals surface area contributed by atoms with Crippen molar-refractivity contribution in [3.8, 4) is 5.75 Å². The molecule has 0 saturated heterocycles. The summed E-state index contributed by atoms with van der Waals surface area (Å²) in [6.07, 6.45) is 0. The molecule has 0 bridgehead atoms. The number of anilines is 1. The van der Waals surface area contributed by atoms with Gasteiger partial charge >= 0.3 is 0 Å². The second-order valence-corrected chi connectivity index (χ2v) is 4.11. The van der Waals surface area contributed by atoms with Crippen molar-refractivity contribution in [2.75, 3.05) is 5.73 Å². The number of hydrogen-bond donors (Lipinski definition) is 1. The van der Waals surface area contributed by atoms with Crippen LogP contribution in [0.15, 0.2) is 48.5 Å². The number of benzene rings is 2. The van der Waals surface area contributed by atoms with E-state index in [1.54, 1.807) is 31.2 Å². The average Bonchev–Trinajstić information content (AvgIpc) is 2.38. The number of ether oxygens (including phenoxy) is 1. The summed E-state index contributed by atoms with van der Waals surface area (Å²) in [5.41, 5.74) is 8.09. The lowest BCUT2D eigenvalue weighted by molar-refractivity contribution is 0.101. The standard InChI is InChI=1S/C15H15NO2/c1-11(17)13-4-8-15(9-5-13)18-10-12-2-6-14(16)7-3-12/h2-9H,10,16H2,1H3. The molecule has 0 unspecified atom stereocenters. The van der Waals surface area contributed by atoms with Gasteiger partial charge in [-0.15, -0.1) is 0 Å². The molecule has 18 heavy (non-hydrogen) atoms. The van der Waals surface area contributed by atoms with Gasteiger partial charge in [0.2, 0.25) is 0 Å². The van der Waals surface area contributed by atoms with Crippen LogP contribution in [0.2, 0.25) is 0 Å². The lowest BCUT2D eigenvalue weighted by Crippen LogP contribution is -1.97. The van der Waals surface area contributed by atoms with E-state index in [1.165, 1.54) is 0 Å². The molecular formula is C15H15NO2. The van der Waals surface area contributed by atoms with Gasteiger partial charge in [-0.3, -0.25) is 4.79 Å². The lowest BCUT2D eigenvalue weighted by Gasteiger charge is -2.07. The van der Waals surface area contributed by atoms with Crippen molar-refractivity contribution in [2.24, 2.45) is 0 Å². The third-order valence-electron chi connectivity index (χ3n) is 2.65. The van der Waals surface area contributed by atoms with Crippen molar-refractivity contribution in [1.29, 1.82) is 0 Å². The summed E-state index contributed by atoms with van der Waals surface area (Å²) in [5.74, 6) is 0.803. The van der Waals surface area contributed by atoms with Crippen LogP contribution in [-0.4, -0.2) is 5.78 Å². The van der Waals surface area contributed by atoms with Gasteiger partial charge in [-0.25, -0.2) is 0 Å². The first-order valence-electron chi connectivity index (χ1n) is 5.73. The highest BCUT2D eigenvalue weighted by Crippen LogP contribution is 2.15. The molecule has 0 radical (unpaired) electrons. The molecule has 2 aromatic rings. The number of nitrogens with two attached hydrogens (primary N) is 1. The second kappa shape index (κ2) is 5.36. The minimum absolute atomic E-state index is 0.0556. The number of rotatable bonds is 4. The van der Waals surface area contributed by atoms with Gasteiger partial charge in [-0.05, 0) is 48.9 Å². The smallest absolute Gasteiger partial charge is 0.159 e. The van der Waals surface area contributed by atoms with Crippen LogP contribution in [0.25, 0.3) is 0 Å². The normalized spacial score (nSPS) is 10.1. The van der Waals surface area contributed by atoms with Crippen molar-refractivity contribution in [3.63, 3.8) is 0 Å². The molecule has 0 aliphatic carbocycles. The summed E-state index contributed by atoms with van der Waals surface area (Å²) >= 11 is 0. The van der Waals surface area contributed by atoms with Crippen molar-refractivity contribution >= 4 is 11.5 Å². The van der Waals surface area contributed by atoms with Gasteiger partial charge in [0.25, 0.3) is 0 Å². The number of hydrogen-bond acceptors (Lipinski definition) is 3. The van der Waals surface area contributed by atoms with Crippen LogP contribution >= 0.6 is 0 Å². The molecule has 0 spiro atoms. The maximum atomic E-state index is 11.1. The summed E-state index contributed by atoms with van der Waals surface area (Å²) in [4.78, 5) is 11.1. The fraction of sp³-hybridized carbons (Fsp3) is 0.133. The Kier molecular flexibility index (Phi) is 3.63. The molecule has 0 aliphatic rings. The quantitative estimate of drug-likeness (QED) is 0.661. The third kappa shape index (κ3) is 3.10. The lowest BCUT2D eigenvalue weighted by atomic mass is 10.1. The first kappa shape index (κ1) is 12.2. The van der Waals surface area contributed by atoms with Crippen LogP contribution in [0.1, 0.15) is 22.8 Å². The highest BCUT2D eigenvalue weighted by atomic mass is 16.5. The number of carbonyl (C=O) groups excluding carboxylic acids is 1. The molecule has 0 atom stereocenters. The predicted molar refractivity (Wildman–Crippen MR) is 71.6 cm³/mol. The van der Waals surface area contributed by atoms with Gasteiger partial charge < -0.3 is 10.5 Å². The molecule has 0 fully saturated rings. The molecule has 2 N–H and O–H groups in total. The van der Waals surface area contributed by atoms with Crippen LogP contribution in [-0.2, 0) is 6.61 Å². The van der Waals surface area contributed by atoms with E-state index in [0.29, 0.717) is 12.2 Å². The molecule has 0 amide bonds. The van der Waals surface area contributed by atoms with Gasteiger partial charge in [0, 0.05) is 11.3 Å². The van der Waals surface area contributed by atoms with Gasteiger partial charge in [-0.1, -0.05) is 12.1 Å². The van der Waals surface area contributed by atoms with Crippen LogP contribution in [0, 0.1) is 0 Å². The Bertz CT molecular complexity index is 529. The second-order valence-electron chi connectivity index (χ2n) is 4.11. The van der Waals surface area contributed by atoms with Crippen molar-refractivity contribution in [1.82, 2.24) is 0 Å². The minimum Gasteiger partial charge on any atom is -0.489 e. The fourth-order valence-electron chi connectivity index (χ4n) is 1.57. The first-order valence-corrected chi connectivity index (χ1v) is 5.73. The molecular weight excluding hydrogens is 226 g/mol. The maximum absolute atomic E-state index is 11.1. The van der Waals surface area contributed by atoms with Crippen LogP contribution in [0.3, 0.4) is 0 Å². The zero-order chi connectivity index (χ0) is 13.0. The Hall–Kier alpha value is -2.29. The van der Waals surface area contributed by atoms with Crippen molar-refractivity contribution in [2.45, 2.75) is 13.5 Å².